The molecule has 4 heteroatoms. The molecular formula is C13H14BrNO2. The molecule has 1 heterocycles. The molecule has 1 aromatic heterocycles. The summed E-state index contributed by atoms with van der Waals surface area (Å²) in [5.41, 5.74) is 2.74. The van der Waals surface area contributed by atoms with Crippen LogP contribution in [0.25, 0.3) is 10.9 Å². The summed E-state index contributed by atoms with van der Waals surface area (Å²) in [5.74, 6) is -0.268. The Morgan fingerprint density at radius 3 is 2.82 bits per heavy atom. The highest BCUT2D eigenvalue weighted by Gasteiger charge is 2.16. The molecule has 0 aliphatic carbocycles. The quantitative estimate of drug-likeness (QED) is 0.795. The fourth-order valence-corrected chi connectivity index (χ4v) is 2.85. The second kappa shape index (κ2) is 4.53. The lowest BCUT2D eigenvalue weighted by Crippen LogP contribution is -2.03. The van der Waals surface area contributed by atoms with Gasteiger partial charge in [-0.1, -0.05) is 0 Å². The first-order valence-electron chi connectivity index (χ1n) is 5.47. The molecule has 90 valence electrons. The van der Waals surface area contributed by atoms with Crippen LogP contribution in [0.2, 0.25) is 0 Å². The number of carbonyl (C=O) groups is 1. The molecule has 0 fully saturated rings. The van der Waals surface area contributed by atoms with E-state index >= 15 is 0 Å². The average molecular weight is 296 g/mol. The molecule has 2 rings (SSSR count). The van der Waals surface area contributed by atoms with Crippen molar-refractivity contribution in [1.29, 1.82) is 0 Å². The summed E-state index contributed by atoms with van der Waals surface area (Å²) in [5, 5.41) is 0.929. The van der Waals surface area contributed by atoms with E-state index in [1.807, 2.05) is 43.8 Å². The van der Waals surface area contributed by atoms with E-state index in [9.17, 15) is 4.79 Å². The number of esters is 1. The van der Waals surface area contributed by atoms with Gasteiger partial charge in [0.1, 0.15) is 0 Å². The number of aromatic nitrogens is 1. The summed E-state index contributed by atoms with van der Waals surface area (Å²) in [6.45, 7) is 4.21. The number of hydrogen-bond donors (Lipinski definition) is 0. The van der Waals surface area contributed by atoms with Crippen LogP contribution >= 0.6 is 15.9 Å². The zero-order chi connectivity index (χ0) is 12.6. The van der Waals surface area contributed by atoms with Crippen LogP contribution in [0, 0.1) is 6.92 Å². The lowest BCUT2D eigenvalue weighted by Gasteiger charge is -2.02. The number of fused-ring (bicyclic) bond motifs is 1. The summed E-state index contributed by atoms with van der Waals surface area (Å²) in [7, 11) is 1.92. The molecular weight excluding hydrogens is 282 g/mol. The van der Waals surface area contributed by atoms with Crippen molar-refractivity contribution in [2.45, 2.75) is 13.8 Å². The predicted octanol–water partition coefficient (Wildman–Crippen LogP) is 3.43. The number of carbonyl (C=O) groups excluding carboxylic acids is 1. The molecule has 0 saturated carbocycles. The second-order valence-electron chi connectivity index (χ2n) is 4.02. The molecule has 0 saturated heterocycles. The first-order valence-corrected chi connectivity index (χ1v) is 6.26. The maximum atomic E-state index is 11.8. The van der Waals surface area contributed by atoms with Crippen molar-refractivity contribution in [3.05, 3.63) is 33.9 Å². The van der Waals surface area contributed by atoms with Crippen molar-refractivity contribution in [2.75, 3.05) is 6.61 Å². The Balaban J connectivity index is 2.70. The van der Waals surface area contributed by atoms with E-state index in [1.54, 1.807) is 0 Å². The summed E-state index contributed by atoms with van der Waals surface area (Å²) in [6.07, 6.45) is 1.81. The third-order valence-electron chi connectivity index (χ3n) is 2.67. The van der Waals surface area contributed by atoms with Crippen LogP contribution in [0.5, 0.6) is 0 Å². The highest BCUT2D eigenvalue weighted by molar-refractivity contribution is 9.10. The van der Waals surface area contributed by atoms with Gasteiger partial charge in [-0.25, -0.2) is 4.79 Å². The molecule has 0 N–H and O–H groups in total. The molecule has 0 bridgehead atoms. The SMILES string of the molecule is CCOC(=O)c1cn(C)c2c(Br)cc(C)cc12. The lowest BCUT2D eigenvalue weighted by atomic mass is 10.1. The van der Waals surface area contributed by atoms with E-state index in [4.69, 9.17) is 4.74 Å². The Labute approximate surface area is 108 Å². The Bertz CT molecular complexity index is 587. The van der Waals surface area contributed by atoms with E-state index < -0.39 is 0 Å². The van der Waals surface area contributed by atoms with Crippen LogP contribution in [-0.2, 0) is 11.8 Å². The van der Waals surface area contributed by atoms with E-state index in [1.165, 1.54) is 0 Å². The van der Waals surface area contributed by atoms with E-state index in [0.29, 0.717) is 12.2 Å². The Kier molecular flexibility index (Phi) is 3.24. The molecule has 0 atom stereocenters. The van der Waals surface area contributed by atoms with Crippen molar-refractivity contribution in [3.63, 3.8) is 0 Å². The number of hydrogen-bond acceptors (Lipinski definition) is 2. The Morgan fingerprint density at radius 1 is 1.47 bits per heavy atom. The zero-order valence-electron chi connectivity index (χ0n) is 10.1. The summed E-state index contributed by atoms with van der Waals surface area (Å²) < 4.78 is 7.99. The van der Waals surface area contributed by atoms with Crippen molar-refractivity contribution >= 4 is 32.8 Å². The van der Waals surface area contributed by atoms with Crippen molar-refractivity contribution < 1.29 is 9.53 Å². The van der Waals surface area contributed by atoms with Crippen LogP contribution in [-0.4, -0.2) is 17.1 Å². The molecule has 0 amide bonds. The zero-order valence-corrected chi connectivity index (χ0v) is 11.7. The minimum atomic E-state index is -0.268. The molecule has 0 radical (unpaired) electrons. The molecule has 3 nitrogen and oxygen atoms in total. The first kappa shape index (κ1) is 12.2. The van der Waals surface area contributed by atoms with Gasteiger partial charge in [0.15, 0.2) is 0 Å². The summed E-state index contributed by atoms with van der Waals surface area (Å²) in [6, 6.07) is 4.05. The average Bonchev–Trinajstić information content (AvgIpc) is 2.56. The minimum Gasteiger partial charge on any atom is -0.462 e. The number of nitrogens with zero attached hydrogens (tertiary/aromatic N) is 1. The normalized spacial score (nSPS) is 10.8. The van der Waals surface area contributed by atoms with Crippen LogP contribution in [0.4, 0.5) is 0 Å². The Hall–Kier alpha value is -1.29. The molecule has 0 spiro atoms. The van der Waals surface area contributed by atoms with Gasteiger partial charge in [-0.2, -0.15) is 0 Å². The van der Waals surface area contributed by atoms with Gasteiger partial charge in [-0.15, -0.1) is 0 Å². The van der Waals surface area contributed by atoms with Gasteiger partial charge in [0.25, 0.3) is 0 Å². The number of halogens is 1. The molecule has 17 heavy (non-hydrogen) atoms. The summed E-state index contributed by atoms with van der Waals surface area (Å²) in [4.78, 5) is 11.8. The van der Waals surface area contributed by atoms with Crippen molar-refractivity contribution in [3.8, 4) is 0 Å². The van der Waals surface area contributed by atoms with Crippen LogP contribution < -0.4 is 0 Å². The number of benzene rings is 1. The monoisotopic (exact) mass is 295 g/mol. The van der Waals surface area contributed by atoms with Gasteiger partial charge in [0.05, 0.1) is 17.7 Å². The minimum absolute atomic E-state index is 0.268. The maximum absolute atomic E-state index is 11.8. The van der Waals surface area contributed by atoms with Crippen molar-refractivity contribution in [2.24, 2.45) is 7.05 Å². The van der Waals surface area contributed by atoms with Crippen LogP contribution in [0.3, 0.4) is 0 Å². The third kappa shape index (κ3) is 2.09. The molecule has 0 aliphatic rings. The van der Waals surface area contributed by atoms with Crippen molar-refractivity contribution in [1.82, 2.24) is 4.57 Å². The highest BCUT2D eigenvalue weighted by atomic mass is 79.9. The molecule has 1 aromatic carbocycles. The fourth-order valence-electron chi connectivity index (χ4n) is 2.00. The number of ether oxygens (including phenoxy) is 1. The Morgan fingerprint density at radius 2 is 2.18 bits per heavy atom. The third-order valence-corrected chi connectivity index (χ3v) is 3.27. The number of aryl methyl sites for hydroxylation is 2. The molecule has 0 unspecified atom stereocenters. The van der Waals surface area contributed by atoms with Gasteiger partial charge in [-0.05, 0) is 47.5 Å². The second-order valence-corrected chi connectivity index (χ2v) is 4.87. The molecule has 2 aromatic rings. The topological polar surface area (TPSA) is 31.2 Å². The van der Waals surface area contributed by atoms with E-state index in [2.05, 4.69) is 15.9 Å². The van der Waals surface area contributed by atoms with Gasteiger partial charge in [-0.3, -0.25) is 0 Å². The van der Waals surface area contributed by atoms with E-state index in [0.717, 1.165) is 20.9 Å². The number of rotatable bonds is 2. The van der Waals surface area contributed by atoms with Crippen LogP contribution in [0.15, 0.2) is 22.8 Å². The largest absolute Gasteiger partial charge is 0.462 e. The highest BCUT2D eigenvalue weighted by Crippen LogP contribution is 2.29. The van der Waals surface area contributed by atoms with Crippen LogP contribution in [0.1, 0.15) is 22.8 Å². The van der Waals surface area contributed by atoms with Gasteiger partial charge < -0.3 is 9.30 Å². The van der Waals surface area contributed by atoms with E-state index in [-0.39, 0.29) is 5.97 Å². The van der Waals surface area contributed by atoms with Gasteiger partial charge in [0.2, 0.25) is 0 Å². The maximum Gasteiger partial charge on any atom is 0.340 e. The standard InChI is InChI=1S/C13H14BrNO2/c1-4-17-13(16)10-7-15(3)12-9(10)5-8(2)6-11(12)14/h5-7H,4H2,1-3H3. The first-order chi connectivity index (χ1) is 8.04. The van der Waals surface area contributed by atoms with Gasteiger partial charge in [0, 0.05) is 23.1 Å². The predicted molar refractivity (Wildman–Crippen MR) is 71.3 cm³/mol. The molecule has 0 aliphatic heterocycles. The lowest BCUT2D eigenvalue weighted by molar-refractivity contribution is 0.0528. The summed E-state index contributed by atoms with van der Waals surface area (Å²) >= 11 is 3.53. The van der Waals surface area contributed by atoms with Gasteiger partial charge >= 0.3 is 5.97 Å². The fraction of sp³-hybridized carbons (Fsp3) is 0.308. The smallest absolute Gasteiger partial charge is 0.340 e.